The highest BCUT2D eigenvalue weighted by molar-refractivity contribution is 14.0. The number of anilines is 1. The van der Waals surface area contributed by atoms with Crippen LogP contribution in [0.3, 0.4) is 0 Å². The zero-order chi connectivity index (χ0) is 18.5. The van der Waals surface area contributed by atoms with Crippen molar-refractivity contribution in [2.45, 2.75) is 39.8 Å². The second kappa shape index (κ2) is 10.2. The molecule has 0 aliphatic carbocycles. The molecule has 1 atom stereocenters. The molecule has 1 aliphatic rings. The van der Waals surface area contributed by atoms with Gasteiger partial charge in [0.15, 0.2) is 5.96 Å². The van der Waals surface area contributed by atoms with Gasteiger partial charge in [-0.2, -0.15) is 0 Å². The fourth-order valence-corrected chi connectivity index (χ4v) is 3.37. The summed E-state index contributed by atoms with van der Waals surface area (Å²) in [6, 6.07) is 8.36. The molecule has 0 spiro atoms. The molecule has 8 heteroatoms. The highest BCUT2D eigenvalue weighted by Crippen LogP contribution is 2.23. The van der Waals surface area contributed by atoms with Crippen LogP contribution in [0.1, 0.15) is 30.4 Å². The topological polar surface area (TPSA) is 65.7 Å². The van der Waals surface area contributed by atoms with Crippen molar-refractivity contribution in [2.75, 3.05) is 24.5 Å². The quantitative estimate of drug-likeness (QED) is 0.368. The van der Waals surface area contributed by atoms with Crippen molar-refractivity contribution < 1.29 is 4.52 Å². The molecule has 6 nitrogen and oxygen atoms in total. The lowest BCUT2D eigenvalue weighted by atomic mass is 10.2. The molecule has 1 fully saturated rings. The van der Waals surface area contributed by atoms with Crippen molar-refractivity contribution >= 4 is 47.2 Å². The van der Waals surface area contributed by atoms with E-state index in [1.165, 1.54) is 5.69 Å². The molecule has 1 saturated heterocycles. The van der Waals surface area contributed by atoms with E-state index in [2.05, 4.69) is 33.7 Å². The van der Waals surface area contributed by atoms with Crippen LogP contribution < -0.4 is 15.5 Å². The van der Waals surface area contributed by atoms with Crippen molar-refractivity contribution in [1.29, 1.82) is 0 Å². The van der Waals surface area contributed by atoms with Crippen molar-refractivity contribution in [3.05, 3.63) is 46.3 Å². The molecule has 0 radical (unpaired) electrons. The Morgan fingerprint density at radius 2 is 2.22 bits per heavy atom. The Morgan fingerprint density at radius 1 is 1.41 bits per heavy atom. The number of nitrogens with one attached hydrogen (secondary N) is 2. The summed E-state index contributed by atoms with van der Waals surface area (Å²) >= 11 is 6.12. The molecule has 1 aromatic heterocycles. The first-order chi connectivity index (χ1) is 12.6. The van der Waals surface area contributed by atoms with Gasteiger partial charge in [0.2, 0.25) is 0 Å². The van der Waals surface area contributed by atoms with Crippen LogP contribution in [-0.2, 0) is 6.54 Å². The molecule has 1 aliphatic heterocycles. The molecule has 0 saturated carbocycles. The van der Waals surface area contributed by atoms with Gasteiger partial charge in [-0.15, -0.1) is 24.0 Å². The lowest BCUT2D eigenvalue weighted by molar-refractivity contribution is 0.392. The molecule has 2 aromatic rings. The van der Waals surface area contributed by atoms with E-state index in [1.807, 2.05) is 32.0 Å². The number of halogens is 2. The third kappa shape index (κ3) is 5.75. The van der Waals surface area contributed by atoms with Gasteiger partial charge in [-0.1, -0.05) is 22.8 Å². The van der Waals surface area contributed by atoms with E-state index in [0.717, 1.165) is 54.1 Å². The maximum atomic E-state index is 6.12. The van der Waals surface area contributed by atoms with Gasteiger partial charge in [0, 0.05) is 41.9 Å². The molecule has 1 unspecified atom stereocenters. The number of aromatic nitrogens is 1. The minimum absolute atomic E-state index is 0. The fourth-order valence-electron chi connectivity index (χ4n) is 3.18. The highest BCUT2D eigenvalue weighted by Gasteiger charge is 2.23. The fraction of sp³-hybridized carbons (Fsp3) is 0.474. The number of guanidine groups is 1. The average Bonchev–Trinajstić information content (AvgIpc) is 3.20. The number of aliphatic imine (C=N–C) groups is 1. The minimum atomic E-state index is 0. The van der Waals surface area contributed by atoms with Crippen molar-refractivity contribution in [3.63, 3.8) is 0 Å². The molecular formula is C19H27ClIN5O. The lowest BCUT2D eigenvalue weighted by Gasteiger charge is -2.20. The number of benzene rings is 1. The monoisotopic (exact) mass is 503 g/mol. The Bertz CT molecular complexity index is 760. The Morgan fingerprint density at radius 3 is 2.89 bits per heavy atom. The Labute approximate surface area is 182 Å². The van der Waals surface area contributed by atoms with Gasteiger partial charge in [-0.05, 0) is 45.4 Å². The molecular weight excluding hydrogens is 477 g/mol. The Kier molecular flexibility index (Phi) is 8.22. The third-order valence-corrected chi connectivity index (χ3v) is 4.86. The van der Waals surface area contributed by atoms with Gasteiger partial charge in [0.25, 0.3) is 0 Å². The van der Waals surface area contributed by atoms with Crippen LogP contribution in [0.5, 0.6) is 0 Å². The van der Waals surface area contributed by atoms with E-state index < -0.39 is 0 Å². The van der Waals surface area contributed by atoms with Crippen LogP contribution in [0.15, 0.2) is 33.8 Å². The largest absolute Gasteiger partial charge is 0.369 e. The van der Waals surface area contributed by atoms with Gasteiger partial charge >= 0.3 is 0 Å². The van der Waals surface area contributed by atoms with Crippen LogP contribution in [0.4, 0.5) is 5.69 Å². The van der Waals surface area contributed by atoms with Crippen molar-refractivity contribution in [3.8, 4) is 0 Å². The molecule has 2 heterocycles. The second-order valence-corrected chi connectivity index (χ2v) is 6.99. The minimum Gasteiger partial charge on any atom is -0.369 e. The molecule has 3 rings (SSSR count). The first-order valence-electron chi connectivity index (χ1n) is 9.04. The summed E-state index contributed by atoms with van der Waals surface area (Å²) in [4.78, 5) is 7.06. The van der Waals surface area contributed by atoms with Crippen LogP contribution in [0.2, 0.25) is 5.02 Å². The van der Waals surface area contributed by atoms with Crippen molar-refractivity contribution in [1.82, 2.24) is 15.8 Å². The molecule has 2 N–H and O–H groups in total. The number of nitrogens with zero attached hydrogens (tertiary/aromatic N) is 3. The number of hydrogen-bond donors (Lipinski definition) is 2. The maximum absolute atomic E-state index is 6.12. The van der Waals surface area contributed by atoms with Gasteiger partial charge in [-0.3, -0.25) is 0 Å². The van der Waals surface area contributed by atoms with E-state index in [9.17, 15) is 0 Å². The summed E-state index contributed by atoms with van der Waals surface area (Å²) in [5.74, 6) is 1.65. The third-order valence-electron chi connectivity index (χ3n) is 4.62. The van der Waals surface area contributed by atoms with E-state index >= 15 is 0 Å². The Hall–Kier alpha value is -1.48. The van der Waals surface area contributed by atoms with E-state index in [-0.39, 0.29) is 24.0 Å². The van der Waals surface area contributed by atoms with Crippen LogP contribution in [-0.4, -0.2) is 36.8 Å². The summed E-state index contributed by atoms with van der Waals surface area (Å²) in [5, 5.41) is 11.6. The Balaban J connectivity index is 0.00000261. The summed E-state index contributed by atoms with van der Waals surface area (Å²) < 4.78 is 5.22. The number of hydrogen-bond acceptors (Lipinski definition) is 4. The number of aryl methyl sites for hydroxylation is 2. The summed E-state index contributed by atoms with van der Waals surface area (Å²) in [6.07, 6.45) is 1.06. The second-order valence-electron chi connectivity index (χ2n) is 6.55. The van der Waals surface area contributed by atoms with Crippen LogP contribution in [0.25, 0.3) is 0 Å². The van der Waals surface area contributed by atoms with E-state index in [4.69, 9.17) is 21.1 Å². The first kappa shape index (κ1) is 21.8. The van der Waals surface area contributed by atoms with Gasteiger partial charge in [0.05, 0.1) is 12.2 Å². The average molecular weight is 504 g/mol. The standard InChI is InChI=1S/C19H26ClN5O.HI/c1-4-21-19(22-11-18-13(2)24-26-14(18)3)23-16-8-9-25(12-16)17-7-5-6-15(20)10-17;/h5-7,10,16H,4,8-9,11-12H2,1-3H3,(H2,21,22,23);1H. The summed E-state index contributed by atoms with van der Waals surface area (Å²) in [7, 11) is 0. The molecule has 27 heavy (non-hydrogen) atoms. The molecule has 1 aromatic carbocycles. The zero-order valence-electron chi connectivity index (χ0n) is 16.0. The van der Waals surface area contributed by atoms with Gasteiger partial charge in [-0.25, -0.2) is 4.99 Å². The van der Waals surface area contributed by atoms with Crippen LogP contribution in [0, 0.1) is 13.8 Å². The van der Waals surface area contributed by atoms with Crippen LogP contribution >= 0.6 is 35.6 Å². The van der Waals surface area contributed by atoms with Gasteiger partial charge in [0.1, 0.15) is 5.76 Å². The predicted molar refractivity (Wildman–Crippen MR) is 121 cm³/mol. The normalized spacial score (nSPS) is 17.0. The summed E-state index contributed by atoms with van der Waals surface area (Å²) in [6.45, 7) is 9.24. The smallest absolute Gasteiger partial charge is 0.191 e. The van der Waals surface area contributed by atoms with E-state index in [1.54, 1.807) is 0 Å². The molecule has 0 amide bonds. The number of rotatable bonds is 5. The van der Waals surface area contributed by atoms with Crippen molar-refractivity contribution in [2.24, 2.45) is 4.99 Å². The molecule has 148 valence electrons. The van der Waals surface area contributed by atoms with Gasteiger partial charge < -0.3 is 20.1 Å². The predicted octanol–water partition coefficient (Wildman–Crippen LogP) is 3.90. The highest BCUT2D eigenvalue weighted by atomic mass is 127. The molecule has 0 bridgehead atoms. The SMILES string of the molecule is CCNC(=NCc1c(C)noc1C)NC1CCN(c2cccc(Cl)c2)C1.I. The summed E-state index contributed by atoms with van der Waals surface area (Å²) in [5.41, 5.74) is 3.11. The first-order valence-corrected chi connectivity index (χ1v) is 9.41. The lowest BCUT2D eigenvalue weighted by Crippen LogP contribution is -2.44. The van der Waals surface area contributed by atoms with E-state index in [0.29, 0.717) is 12.6 Å². The zero-order valence-corrected chi connectivity index (χ0v) is 19.0. The maximum Gasteiger partial charge on any atom is 0.191 e.